The van der Waals surface area contributed by atoms with Crippen molar-refractivity contribution in [3.63, 3.8) is 0 Å². The molecule has 0 saturated heterocycles. The summed E-state index contributed by atoms with van der Waals surface area (Å²) in [6.07, 6.45) is 1.41. The van der Waals surface area contributed by atoms with Gasteiger partial charge >= 0.3 is 64.1 Å². The van der Waals surface area contributed by atoms with E-state index >= 15 is 0 Å². The SMILES string of the molecule is CCC[Si](C)(C)[Na]. The van der Waals surface area contributed by atoms with Crippen LogP contribution in [0.5, 0.6) is 0 Å². The summed E-state index contributed by atoms with van der Waals surface area (Å²) in [6, 6.07) is 1.54. The van der Waals surface area contributed by atoms with E-state index in [0.29, 0.717) is 0 Å². The molecular weight excluding hydrogens is 111 g/mol. The molecule has 0 saturated carbocycles. The van der Waals surface area contributed by atoms with Gasteiger partial charge in [0.15, 0.2) is 0 Å². The molecule has 0 aromatic rings. The first kappa shape index (κ1) is 8.22. The molecule has 0 nitrogen and oxygen atoms in total. The van der Waals surface area contributed by atoms with Gasteiger partial charge in [-0.05, 0) is 0 Å². The Morgan fingerprint density at radius 1 is 1.43 bits per heavy atom. The van der Waals surface area contributed by atoms with Crippen LogP contribution in [0, 0.1) is 0 Å². The molecule has 0 unspecified atom stereocenters. The summed E-state index contributed by atoms with van der Waals surface area (Å²) in [6.45, 7) is 7.23. The second-order valence-corrected chi connectivity index (χ2v) is 17.1. The van der Waals surface area contributed by atoms with Crippen molar-refractivity contribution in [3.05, 3.63) is 0 Å². The first-order chi connectivity index (χ1) is 3.06. The Labute approximate surface area is 63.9 Å². The van der Waals surface area contributed by atoms with Gasteiger partial charge in [-0.25, -0.2) is 0 Å². The van der Waals surface area contributed by atoms with Gasteiger partial charge < -0.3 is 0 Å². The average Bonchev–Trinajstić information content (AvgIpc) is 1.30. The molecule has 0 amide bonds. The summed E-state index contributed by atoms with van der Waals surface area (Å²) in [5, 5.41) is 0. The minimum absolute atomic E-state index is 0.518. The number of hydrogen-bond donors (Lipinski definition) is 0. The van der Waals surface area contributed by atoms with Crippen LogP contribution in [0.15, 0.2) is 0 Å². The molecule has 0 N–H and O–H groups in total. The molecular formula is C5H13NaSi. The molecule has 0 rings (SSSR count). The fourth-order valence-corrected chi connectivity index (χ4v) is 3.75. The Balaban J connectivity index is 3.15. The van der Waals surface area contributed by atoms with E-state index in [1.54, 1.807) is 6.04 Å². The van der Waals surface area contributed by atoms with Crippen molar-refractivity contribution < 1.29 is 0 Å². The summed E-state index contributed by atoms with van der Waals surface area (Å²) in [7, 11) is 0. The van der Waals surface area contributed by atoms with Gasteiger partial charge in [-0.1, -0.05) is 0 Å². The van der Waals surface area contributed by atoms with Crippen LogP contribution in [0.25, 0.3) is 0 Å². The molecule has 2 heteroatoms. The van der Waals surface area contributed by atoms with Gasteiger partial charge in [0.25, 0.3) is 0 Å². The van der Waals surface area contributed by atoms with Crippen molar-refractivity contribution in [2.75, 3.05) is 0 Å². The van der Waals surface area contributed by atoms with E-state index in [1.807, 2.05) is 0 Å². The molecule has 0 aliphatic heterocycles. The number of rotatable bonds is 2. The van der Waals surface area contributed by atoms with Crippen LogP contribution in [0.3, 0.4) is 0 Å². The van der Waals surface area contributed by atoms with Gasteiger partial charge in [0, 0.05) is 0 Å². The van der Waals surface area contributed by atoms with Crippen LogP contribution in [-0.2, 0) is 0 Å². The van der Waals surface area contributed by atoms with Crippen LogP contribution in [0.4, 0.5) is 0 Å². The Hall–Kier alpha value is 1.22. The van der Waals surface area contributed by atoms with Crippen LogP contribution < -0.4 is 0 Å². The van der Waals surface area contributed by atoms with Crippen molar-refractivity contribution in [1.82, 2.24) is 0 Å². The fraction of sp³-hybridized carbons (Fsp3) is 1.00. The average molecular weight is 124 g/mol. The summed E-state index contributed by atoms with van der Waals surface area (Å²) >= 11 is 1.48. The van der Waals surface area contributed by atoms with Gasteiger partial charge in [-0.2, -0.15) is 0 Å². The number of hydrogen-bond acceptors (Lipinski definition) is 0. The predicted molar refractivity (Wildman–Crippen MR) is 38.3 cm³/mol. The summed E-state index contributed by atoms with van der Waals surface area (Å²) in [4.78, 5) is 0. The molecule has 0 fully saturated rings. The Kier molecular flexibility index (Phi) is 3.85. The Morgan fingerprint density at radius 2 is 1.86 bits per heavy atom. The van der Waals surface area contributed by atoms with E-state index < -0.39 is 4.63 Å². The van der Waals surface area contributed by atoms with E-state index in [0.717, 1.165) is 0 Å². The molecule has 0 bridgehead atoms. The van der Waals surface area contributed by atoms with E-state index in [1.165, 1.54) is 33.4 Å². The maximum atomic E-state index is 2.47. The zero-order valence-corrected chi connectivity index (χ0v) is 8.91. The van der Waals surface area contributed by atoms with Gasteiger partial charge in [-0.3, -0.25) is 0 Å². The van der Waals surface area contributed by atoms with E-state index in [-0.39, 0.29) is 0 Å². The van der Waals surface area contributed by atoms with E-state index in [4.69, 9.17) is 0 Å². The molecule has 0 spiro atoms. The zero-order valence-electron chi connectivity index (χ0n) is 5.91. The van der Waals surface area contributed by atoms with Gasteiger partial charge in [0.05, 0.1) is 0 Å². The minimum atomic E-state index is -0.518. The predicted octanol–water partition coefficient (Wildman–Crippen LogP) is 1.77. The summed E-state index contributed by atoms with van der Waals surface area (Å²) in [5.41, 5.74) is 0. The maximum absolute atomic E-state index is 2.47. The molecule has 7 heavy (non-hydrogen) atoms. The van der Waals surface area contributed by atoms with Crippen LogP contribution in [0.1, 0.15) is 13.3 Å². The van der Waals surface area contributed by atoms with Crippen LogP contribution >= 0.6 is 0 Å². The molecule has 0 aliphatic carbocycles. The van der Waals surface area contributed by atoms with Crippen molar-refractivity contribution in [1.29, 1.82) is 0 Å². The summed E-state index contributed by atoms with van der Waals surface area (Å²) < 4.78 is -0.518. The molecule has 0 radical (unpaired) electrons. The quantitative estimate of drug-likeness (QED) is 0.492. The molecule has 0 atom stereocenters. The van der Waals surface area contributed by atoms with Crippen molar-refractivity contribution in [3.8, 4) is 0 Å². The zero-order chi connectivity index (χ0) is 5.91. The molecule has 38 valence electrons. The monoisotopic (exact) mass is 124 g/mol. The molecule has 0 aliphatic rings. The third-order valence-corrected chi connectivity index (χ3v) is 4.50. The van der Waals surface area contributed by atoms with Crippen molar-refractivity contribution in [2.24, 2.45) is 0 Å². The van der Waals surface area contributed by atoms with E-state index in [9.17, 15) is 0 Å². The Morgan fingerprint density at radius 3 is 1.86 bits per heavy atom. The normalized spacial score (nSPS) is 12.1. The molecule has 0 heterocycles. The van der Waals surface area contributed by atoms with Crippen LogP contribution in [-0.4, -0.2) is 31.7 Å². The van der Waals surface area contributed by atoms with Crippen molar-refractivity contribution in [2.45, 2.75) is 32.5 Å². The van der Waals surface area contributed by atoms with E-state index in [2.05, 4.69) is 20.0 Å². The topological polar surface area (TPSA) is 0 Å². The third kappa shape index (κ3) is 7.22. The van der Waals surface area contributed by atoms with Gasteiger partial charge in [0.2, 0.25) is 0 Å². The van der Waals surface area contributed by atoms with Crippen molar-refractivity contribution >= 4 is 31.7 Å². The van der Waals surface area contributed by atoms with Gasteiger partial charge in [0.1, 0.15) is 0 Å². The first-order valence-corrected chi connectivity index (χ1v) is 9.77. The van der Waals surface area contributed by atoms with Gasteiger partial charge in [-0.15, -0.1) is 0 Å². The third-order valence-electron chi connectivity index (χ3n) is 1.000. The van der Waals surface area contributed by atoms with Crippen LogP contribution in [0.2, 0.25) is 19.1 Å². The second kappa shape index (κ2) is 3.28. The molecule has 0 aromatic heterocycles. The second-order valence-electron chi connectivity index (χ2n) is 3.31. The standard InChI is InChI=1S/C5H13Si.Na/c1-4-5-6(2)3;/h4-5H2,1-3H3;. The first-order valence-electron chi connectivity index (χ1n) is 3.06. The Bertz CT molecular complexity index is 46.5. The molecule has 0 aromatic carbocycles. The summed E-state index contributed by atoms with van der Waals surface area (Å²) in [5.74, 6) is 0. The fourth-order valence-electron chi connectivity index (χ4n) is 0.750.